The van der Waals surface area contributed by atoms with Crippen molar-refractivity contribution in [2.45, 2.75) is 6.92 Å². The molecule has 0 radical (unpaired) electrons. The largest absolute Gasteiger partial charge is 0.274 e. The summed E-state index contributed by atoms with van der Waals surface area (Å²) in [6.45, 7) is 2.06. The van der Waals surface area contributed by atoms with Gasteiger partial charge in [-0.2, -0.15) is 0 Å². The summed E-state index contributed by atoms with van der Waals surface area (Å²) >= 11 is 0. The molecule has 1 heterocycles. The minimum Gasteiger partial charge on any atom is -0.274 e. The molecule has 4 atom stereocenters. The third-order valence-electron chi connectivity index (χ3n) is 6.37. The highest BCUT2D eigenvalue weighted by molar-refractivity contribution is 6.23. The maximum Gasteiger partial charge on any atom is 0.269 e. The molecule has 1 aliphatic heterocycles. The summed E-state index contributed by atoms with van der Waals surface area (Å²) in [4.78, 5) is 38.0. The van der Waals surface area contributed by atoms with E-state index >= 15 is 0 Å². The van der Waals surface area contributed by atoms with Crippen molar-refractivity contribution < 1.29 is 14.5 Å². The molecule has 2 fully saturated rings. The van der Waals surface area contributed by atoms with Gasteiger partial charge in [0.15, 0.2) is 0 Å². The molecule has 0 N–H and O–H groups in total. The van der Waals surface area contributed by atoms with Crippen LogP contribution in [-0.4, -0.2) is 16.7 Å². The van der Waals surface area contributed by atoms with Crippen LogP contribution in [0.1, 0.15) is 12.5 Å². The molecule has 2 aliphatic carbocycles. The highest BCUT2D eigenvalue weighted by Crippen LogP contribution is 2.58. The summed E-state index contributed by atoms with van der Waals surface area (Å²) < 4.78 is 0. The fourth-order valence-electron chi connectivity index (χ4n) is 5.10. The number of carbonyl (C=O) groups excluding carboxylic acids is 2. The number of nitro groups is 1. The van der Waals surface area contributed by atoms with Gasteiger partial charge in [0.2, 0.25) is 11.8 Å². The van der Waals surface area contributed by atoms with Gasteiger partial charge < -0.3 is 0 Å². The number of fused-ring (bicyclic) bond motifs is 5. The van der Waals surface area contributed by atoms with Gasteiger partial charge in [0.1, 0.15) is 0 Å². The van der Waals surface area contributed by atoms with Crippen molar-refractivity contribution in [3.8, 4) is 0 Å². The molecule has 29 heavy (non-hydrogen) atoms. The predicted molar refractivity (Wildman–Crippen MR) is 108 cm³/mol. The first-order valence-corrected chi connectivity index (χ1v) is 9.55. The van der Waals surface area contributed by atoms with E-state index in [9.17, 15) is 19.7 Å². The first-order valence-electron chi connectivity index (χ1n) is 9.55. The zero-order chi connectivity index (χ0) is 20.3. The standard InChI is InChI=1S/C23H18N2O4/c1-13(14-5-3-2-4-6-14)19-17-11-12-18(19)21-20(17)22(26)24(23(21)27)15-7-9-16(10-8-15)25(28)29/h2-12,17-18,20-21H,1H3/t17-,18-,20+,21+/m1/s1. The SMILES string of the molecule is CC(=C1[C@H]2C=C[C@H]1[C@@H]1C(=O)N(c3ccc([N+](=O)[O-])cc3)C(=O)[C@H]12)c1ccccc1. The van der Waals surface area contributed by atoms with Crippen LogP contribution in [0.2, 0.25) is 0 Å². The van der Waals surface area contributed by atoms with Gasteiger partial charge in [0, 0.05) is 24.0 Å². The highest BCUT2D eigenvalue weighted by atomic mass is 16.6. The van der Waals surface area contributed by atoms with Crippen LogP contribution < -0.4 is 4.90 Å². The molecule has 6 nitrogen and oxygen atoms in total. The van der Waals surface area contributed by atoms with Crippen molar-refractivity contribution in [3.05, 3.63) is 88.0 Å². The van der Waals surface area contributed by atoms with Crippen molar-refractivity contribution >= 4 is 28.8 Å². The van der Waals surface area contributed by atoms with E-state index in [1.54, 1.807) is 0 Å². The first kappa shape index (κ1) is 17.6. The molecule has 0 unspecified atom stereocenters. The normalized spacial score (nSPS) is 26.9. The number of anilines is 1. The number of imide groups is 1. The number of amides is 2. The number of nitro benzene ring substituents is 1. The van der Waals surface area contributed by atoms with E-state index < -0.39 is 16.8 Å². The fraction of sp³-hybridized carbons (Fsp3) is 0.217. The molecule has 2 bridgehead atoms. The van der Waals surface area contributed by atoms with Gasteiger partial charge in [-0.05, 0) is 30.2 Å². The number of allylic oxidation sites excluding steroid dienone is 4. The molecule has 2 amide bonds. The summed E-state index contributed by atoms with van der Waals surface area (Å²) in [6, 6.07) is 15.6. The maximum absolute atomic E-state index is 13.2. The maximum atomic E-state index is 13.2. The van der Waals surface area contributed by atoms with Crippen LogP contribution in [0.15, 0.2) is 72.3 Å². The minimum atomic E-state index is -0.500. The van der Waals surface area contributed by atoms with Crippen LogP contribution in [-0.2, 0) is 9.59 Å². The molecule has 0 spiro atoms. The number of hydrogen-bond donors (Lipinski definition) is 0. The Bertz CT molecular complexity index is 1070. The Balaban J connectivity index is 1.51. The Morgan fingerprint density at radius 2 is 1.45 bits per heavy atom. The lowest BCUT2D eigenvalue weighted by Gasteiger charge is -2.20. The van der Waals surface area contributed by atoms with Crippen molar-refractivity contribution in [3.63, 3.8) is 0 Å². The topological polar surface area (TPSA) is 80.5 Å². The summed E-state index contributed by atoms with van der Waals surface area (Å²) in [5.74, 6) is -1.40. The van der Waals surface area contributed by atoms with Crippen LogP contribution in [0.5, 0.6) is 0 Å². The molecule has 2 aromatic rings. The molecule has 6 heteroatoms. The van der Waals surface area contributed by atoms with E-state index in [0.717, 1.165) is 16.7 Å². The van der Waals surface area contributed by atoms with Gasteiger partial charge >= 0.3 is 0 Å². The third-order valence-corrected chi connectivity index (χ3v) is 6.37. The molecule has 0 aromatic heterocycles. The van der Waals surface area contributed by atoms with E-state index in [2.05, 4.69) is 19.1 Å². The highest BCUT2D eigenvalue weighted by Gasteiger charge is 2.62. The van der Waals surface area contributed by atoms with Crippen molar-refractivity contribution in [1.82, 2.24) is 0 Å². The van der Waals surface area contributed by atoms with E-state index in [-0.39, 0.29) is 29.3 Å². The summed E-state index contributed by atoms with van der Waals surface area (Å²) in [7, 11) is 0. The van der Waals surface area contributed by atoms with E-state index in [1.165, 1.54) is 29.2 Å². The van der Waals surface area contributed by atoms with Gasteiger partial charge in [-0.1, -0.05) is 48.1 Å². The second-order valence-corrected chi connectivity index (χ2v) is 7.72. The number of benzene rings is 2. The Morgan fingerprint density at radius 1 is 0.897 bits per heavy atom. The second kappa shape index (κ2) is 6.24. The fourth-order valence-corrected chi connectivity index (χ4v) is 5.10. The van der Waals surface area contributed by atoms with Gasteiger partial charge in [-0.25, -0.2) is 4.90 Å². The average molecular weight is 386 g/mol. The van der Waals surface area contributed by atoms with Crippen molar-refractivity contribution in [2.24, 2.45) is 23.7 Å². The van der Waals surface area contributed by atoms with Crippen molar-refractivity contribution in [1.29, 1.82) is 0 Å². The third kappa shape index (κ3) is 2.42. The number of hydrogen-bond acceptors (Lipinski definition) is 4. The predicted octanol–water partition coefficient (Wildman–Crippen LogP) is 3.99. The van der Waals surface area contributed by atoms with Gasteiger partial charge in [-0.3, -0.25) is 19.7 Å². The Morgan fingerprint density at radius 3 is 1.97 bits per heavy atom. The van der Waals surface area contributed by atoms with E-state index in [4.69, 9.17) is 0 Å². The molecular formula is C23H18N2O4. The second-order valence-electron chi connectivity index (χ2n) is 7.72. The smallest absolute Gasteiger partial charge is 0.269 e. The minimum absolute atomic E-state index is 0.0709. The molecule has 3 aliphatic rings. The van der Waals surface area contributed by atoms with Gasteiger partial charge in [0.05, 0.1) is 22.4 Å². The first-order chi connectivity index (χ1) is 14.0. The van der Waals surface area contributed by atoms with Gasteiger partial charge in [-0.15, -0.1) is 0 Å². The lowest BCUT2D eigenvalue weighted by atomic mass is 9.85. The van der Waals surface area contributed by atoms with Crippen LogP contribution >= 0.6 is 0 Å². The molecule has 1 saturated heterocycles. The molecular weight excluding hydrogens is 368 g/mol. The van der Waals surface area contributed by atoms with E-state index in [0.29, 0.717) is 5.69 Å². The zero-order valence-corrected chi connectivity index (χ0v) is 15.7. The van der Waals surface area contributed by atoms with Crippen LogP contribution in [0.4, 0.5) is 11.4 Å². The Hall–Kier alpha value is -3.54. The summed E-state index contributed by atoms with van der Waals surface area (Å²) in [5.41, 5.74) is 3.72. The van der Waals surface area contributed by atoms with Crippen LogP contribution in [0.3, 0.4) is 0 Å². The van der Waals surface area contributed by atoms with Crippen molar-refractivity contribution in [2.75, 3.05) is 4.90 Å². The van der Waals surface area contributed by atoms with Crippen LogP contribution in [0, 0.1) is 33.8 Å². The number of non-ortho nitro benzene ring substituents is 1. The number of nitrogens with zero attached hydrogens (tertiary/aromatic N) is 2. The molecule has 2 aromatic carbocycles. The number of carbonyl (C=O) groups is 2. The van der Waals surface area contributed by atoms with E-state index in [1.807, 2.05) is 30.3 Å². The zero-order valence-electron chi connectivity index (χ0n) is 15.7. The molecule has 5 rings (SSSR count). The summed E-state index contributed by atoms with van der Waals surface area (Å²) in [6.07, 6.45) is 4.11. The molecule has 1 saturated carbocycles. The summed E-state index contributed by atoms with van der Waals surface area (Å²) in [5, 5.41) is 10.9. The quantitative estimate of drug-likeness (QED) is 0.346. The average Bonchev–Trinajstić information content (AvgIpc) is 3.38. The van der Waals surface area contributed by atoms with Crippen LogP contribution in [0.25, 0.3) is 5.57 Å². The Kier molecular flexibility index (Phi) is 3.77. The number of rotatable bonds is 3. The monoisotopic (exact) mass is 386 g/mol. The molecule has 144 valence electrons. The lowest BCUT2D eigenvalue weighted by Crippen LogP contribution is -2.33. The lowest BCUT2D eigenvalue weighted by molar-refractivity contribution is -0.384. The van der Waals surface area contributed by atoms with Gasteiger partial charge in [0.25, 0.3) is 5.69 Å². The Labute approximate surface area is 167 Å².